The van der Waals surface area contributed by atoms with E-state index in [9.17, 15) is 4.79 Å². The van der Waals surface area contributed by atoms with Gasteiger partial charge in [-0.15, -0.1) is 11.3 Å². The van der Waals surface area contributed by atoms with Gasteiger partial charge in [-0.2, -0.15) is 0 Å². The lowest BCUT2D eigenvalue weighted by atomic mass is 10.1. The molecular weight excluding hydrogens is 499 g/mol. The average molecular weight is 513 g/mol. The van der Waals surface area contributed by atoms with E-state index in [1.165, 1.54) is 11.3 Å². The third kappa shape index (κ3) is 3.87. The van der Waals surface area contributed by atoms with Crippen molar-refractivity contribution in [2.75, 3.05) is 5.32 Å². The Balaban J connectivity index is 1.89. The maximum Gasteiger partial charge on any atom is 0.258 e. The van der Waals surface area contributed by atoms with Gasteiger partial charge in [0, 0.05) is 18.5 Å². The van der Waals surface area contributed by atoms with Gasteiger partial charge in [0.05, 0.1) is 11.3 Å². The number of nitrogens with one attached hydrogen (secondary N) is 1. The molecule has 0 bridgehead atoms. The number of aromatic nitrogens is 1. The lowest BCUT2D eigenvalue weighted by Crippen LogP contribution is -2.13. The van der Waals surface area contributed by atoms with Crippen LogP contribution in [0.15, 0.2) is 53.0 Å². The molecule has 0 aliphatic rings. The Morgan fingerprint density at radius 2 is 1.92 bits per heavy atom. The second-order valence-corrected chi connectivity index (χ2v) is 8.25. The van der Waals surface area contributed by atoms with Crippen LogP contribution in [0.5, 0.6) is 0 Å². The van der Waals surface area contributed by atoms with Gasteiger partial charge < -0.3 is 0 Å². The second kappa shape index (κ2) is 7.76. The van der Waals surface area contributed by atoms with E-state index < -0.39 is 0 Å². The maximum absolute atomic E-state index is 12.5. The third-order valence-corrected chi connectivity index (χ3v) is 6.06. The first kappa shape index (κ1) is 17.6. The summed E-state index contributed by atoms with van der Waals surface area (Å²) in [5, 5.41) is 3.56. The van der Waals surface area contributed by atoms with E-state index in [0.29, 0.717) is 10.7 Å². The number of benzene rings is 2. The molecule has 0 aliphatic carbocycles. The van der Waals surface area contributed by atoms with Crippen molar-refractivity contribution < 1.29 is 4.79 Å². The number of hydrogen-bond donors (Lipinski definition) is 1. The van der Waals surface area contributed by atoms with Gasteiger partial charge >= 0.3 is 0 Å². The van der Waals surface area contributed by atoms with Gasteiger partial charge in [-0.1, -0.05) is 47.1 Å². The highest BCUT2D eigenvalue weighted by Crippen LogP contribution is 2.32. The molecule has 1 amide bonds. The average Bonchev–Trinajstić information content (AvgIpc) is 2.98. The van der Waals surface area contributed by atoms with Crippen LogP contribution in [0.2, 0.25) is 0 Å². The molecule has 0 unspecified atom stereocenters. The van der Waals surface area contributed by atoms with Gasteiger partial charge in [-0.3, -0.25) is 10.1 Å². The van der Waals surface area contributed by atoms with Crippen LogP contribution in [0.1, 0.15) is 22.2 Å². The summed E-state index contributed by atoms with van der Waals surface area (Å²) in [5.41, 5.74) is 2.66. The van der Waals surface area contributed by atoms with Crippen molar-refractivity contribution >= 4 is 60.9 Å². The standard InChI is InChI=1S/C18H14BrIN2OS/c1-2-15-16(11-7-9-12(19)10-8-11)21-18(24-15)22-17(23)13-5-3-4-6-14(13)20/h3-10H,2H2,1H3,(H,21,22,23). The molecule has 0 fully saturated rings. The van der Waals surface area contributed by atoms with Crippen LogP contribution >= 0.6 is 49.9 Å². The van der Waals surface area contributed by atoms with E-state index in [1.54, 1.807) is 0 Å². The van der Waals surface area contributed by atoms with Gasteiger partial charge in [0.15, 0.2) is 5.13 Å². The fourth-order valence-electron chi connectivity index (χ4n) is 2.29. The summed E-state index contributed by atoms with van der Waals surface area (Å²) in [5.74, 6) is -0.126. The number of carbonyl (C=O) groups excluding carboxylic acids is 1. The lowest BCUT2D eigenvalue weighted by molar-refractivity contribution is 0.102. The van der Waals surface area contributed by atoms with Crippen molar-refractivity contribution in [1.82, 2.24) is 4.98 Å². The number of carbonyl (C=O) groups is 1. The van der Waals surface area contributed by atoms with Crippen molar-refractivity contribution in [3.05, 3.63) is 67.0 Å². The summed E-state index contributed by atoms with van der Waals surface area (Å²) >= 11 is 7.15. The molecule has 122 valence electrons. The summed E-state index contributed by atoms with van der Waals surface area (Å²) in [7, 11) is 0. The minimum absolute atomic E-state index is 0.126. The van der Waals surface area contributed by atoms with Gasteiger partial charge in [-0.05, 0) is 53.3 Å². The van der Waals surface area contributed by atoms with Crippen LogP contribution in [0.3, 0.4) is 0 Å². The smallest absolute Gasteiger partial charge is 0.258 e. The summed E-state index contributed by atoms with van der Waals surface area (Å²) in [4.78, 5) is 18.3. The quantitative estimate of drug-likeness (QED) is 0.436. The van der Waals surface area contributed by atoms with E-state index in [1.807, 2.05) is 48.5 Å². The third-order valence-electron chi connectivity index (χ3n) is 3.48. The number of hydrogen-bond acceptors (Lipinski definition) is 3. The number of aryl methyl sites for hydroxylation is 1. The zero-order chi connectivity index (χ0) is 17.1. The largest absolute Gasteiger partial charge is 0.298 e. The van der Waals surface area contributed by atoms with Crippen LogP contribution < -0.4 is 5.32 Å². The molecule has 2 aromatic carbocycles. The molecule has 6 heteroatoms. The minimum atomic E-state index is -0.126. The number of nitrogens with zero attached hydrogens (tertiary/aromatic N) is 1. The zero-order valence-electron chi connectivity index (χ0n) is 12.8. The van der Waals surface area contributed by atoms with Gasteiger partial charge in [-0.25, -0.2) is 4.98 Å². The monoisotopic (exact) mass is 512 g/mol. The Morgan fingerprint density at radius 1 is 1.21 bits per heavy atom. The Morgan fingerprint density at radius 3 is 2.58 bits per heavy atom. The van der Waals surface area contributed by atoms with E-state index in [2.05, 4.69) is 55.7 Å². The Kier molecular flexibility index (Phi) is 5.68. The molecule has 0 radical (unpaired) electrons. The Hall–Kier alpha value is -1.25. The number of thiazole rings is 1. The first-order chi connectivity index (χ1) is 11.6. The van der Waals surface area contributed by atoms with E-state index in [4.69, 9.17) is 0 Å². The van der Waals surface area contributed by atoms with Crippen LogP contribution in [-0.2, 0) is 6.42 Å². The van der Waals surface area contributed by atoms with Crippen LogP contribution in [0.25, 0.3) is 11.3 Å². The molecule has 1 heterocycles. The second-order valence-electron chi connectivity index (χ2n) is 5.09. The van der Waals surface area contributed by atoms with Gasteiger partial charge in [0.25, 0.3) is 5.91 Å². The molecule has 0 saturated carbocycles. The molecule has 1 N–H and O–H groups in total. The number of anilines is 1. The molecule has 24 heavy (non-hydrogen) atoms. The van der Waals surface area contributed by atoms with E-state index in [-0.39, 0.29) is 5.91 Å². The maximum atomic E-state index is 12.5. The molecule has 3 nitrogen and oxygen atoms in total. The van der Waals surface area contributed by atoms with Crippen molar-refractivity contribution in [1.29, 1.82) is 0 Å². The number of rotatable bonds is 4. The SMILES string of the molecule is CCc1sc(NC(=O)c2ccccc2I)nc1-c1ccc(Br)cc1. The van der Waals surface area contributed by atoms with E-state index in [0.717, 1.165) is 30.6 Å². The lowest BCUT2D eigenvalue weighted by Gasteiger charge is -2.03. The predicted octanol–water partition coefficient (Wildman–Crippen LogP) is 5.99. The summed E-state index contributed by atoms with van der Waals surface area (Å²) < 4.78 is 1.96. The molecule has 0 spiro atoms. The molecule has 3 aromatic rings. The predicted molar refractivity (Wildman–Crippen MR) is 112 cm³/mol. The highest BCUT2D eigenvalue weighted by molar-refractivity contribution is 14.1. The highest BCUT2D eigenvalue weighted by atomic mass is 127. The van der Waals surface area contributed by atoms with Crippen molar-refractivity contribution in [2.45, 2.75) is 13.3 Å². The van der Waals surface area contributed by atoms with Crippen LogP contribution in [0, 0.1) is 3.57 Å². The van der Waals surface area contributed by atoms with Crippen molar-refractivity contribution in [3.63, 3.8) is 0 Å². The molecule has 0 aliphatic heterocycles. The topological polar surface area (TPSA) is 42.0 Å². The number of amides is 1. The van der Waals surface area contributed by atoms with Gasteiger partial charge in [0.2, 0.25) is 0 Å². The Bertz CT molecular complexity index is 877. The fourth-order valence-corrected chi connectivity index (χ4v) is 4.10. The normalized spacial score (nSPS) is 10.6. The van der Waals surface area contributed by atoms with E-state index >= 15 is 0 Å². The zero-order valence-corrected chi connectivity index (χ0v) is 17.4. The first-order valence-electron chi connectivity index (χ1n) is 7.40. The van der Waals surface area contributed by atoms with Crippen molar-refractivity contribution in [3.8, 4) is 11.3 Å². The number of halogens is 2. The minimum Gasteiger partial charge on any atom is -0.298 e. The highest BCUT2D eigenvalue weighted by Gasteiger charge is 2.15. The Labute approximate surface area is 166 Å². The molecule has 1 aromatic heterocycles. The summed E-state index contributed by atoms with van der Waals surface area (Å²) in [6, 6.07) is 15.6. The van der Waals surface area contributed by atoms with Crippen LogP contribution in [0.4, 0.5) is 5.13 Å². The van der Waals surface area contributed by atoms with Gasteiger partial charge in [0.1, 0.15) is 0 Å². The summed E-state index contributed by atoms with van der Waals surface area (Å²) in [6.07, 6.45) is 0.877. The van der Waals surface area contributed by atoms with Crippen LogP contribution in [-0.4, -0.2) is 10.9 Å². The molecular formula is C18H14BrIN2OS. The molecule has 3 rings (SSSR count). The summed E-state index contributed by atoms with van der Waals surface area (Å²) in [6.45, 7) is 2.10. The van der Waals surface area contributed by atoms with Crippen molar-refractivity contribution in [2.24, 2.45) is 0 Å². The fraction of sp³-hybridized carbons (Fsp3) is 0.111. The molecule has 0 saturated heterocycles. The first-order valence-corrected chi connectivity index (χ1v) is 10.1. The molecule has 0 atom stereocenters.